The molecule has 20 nitrogen and oxygen atoms in total. The fourth-order valence-corrected chi connectivity index (χ4v) is 19.4. The van der Waals surface area contributed by atoms with Crippen LogP contribution in [0.1, 0.15) is 187 Å². The molecule has 526 valence electrons. The van der Waals surface area contributed by atoms with Gasteiger partial charge in [-0.05, 0) is 116 Å². The molecule has 1 fully saturated rings. The van der Waals surface area contributed by atoms with Gasteiger partial charge in [-0.1, -0.05) is 172 Å². The Hall–Kier alpha value is -5.40. The zero-order valence-electron chi connectivity index (χ0n) is 60.7. The molecule has 2 aliphatic rings. The lowest BCUT2D eigenvalue weighted by Crippen LogP contribution is -2.62. The van der Waals surface area contributed by atoms with Gasteiger partial charge in [0, 0.05) is 39.1 Å². The molecule has 22 heteroatoms. The summed E-state index contributed by atoms with van der Waals surface area (Å²) in [5.74, 6) is -3.82. The molecule has 4 rings (SSSR count). The summed E-state index contributed by atoms with van der Waals surface area (Å²) >= 11 is 0. The van der Waals surface area contributed by atoms with Crippen LogP contribution in [-0.2, 0) is 80.8 Å². The van der Waals surface area contributed by atoms with Crippen molar-refractivity contribution in [2.45, 2.75) is 285 Å². The summed E-state index contributed by atoms with van der Waals surface area (Å²) in [6.07, 6.45) is -4.00. The molecule has 0 saturated carbocycles. The molecular formula is C71H119N5O15Si2. The maximum atomic E-state index is 15.6. The number of amides is 5. The van der Waals surface area contributed by atoms with Gasteiger partial charge in [-0.15, -0.1) is 0 Å². The summed E-state index contributed by atoms with van der Waals surface area (Å²) in [5, 5.41) is 8.70. The zero-order valence-corrected chi connectivity index (χ0v) is 62.7. The van der Waals surface area contributed by atoms with Crippen LogP contribution >= 0.6 is 0 Å². The van der Waals surface area contributed by atoms with Crippen molar-refractivity contribution in [2.75, 3.05) is 27.1 Å². The number of fused-ring (bicyclic) bond motifs is 1. The highest BCUT2D eigenvalue weighted by Gasteiger charge is 2.51. The Kier molecular flexibility index (Phi) is 30.6. The van der Waals surface area contributed by atoms with E-state index < -0.39 is 119 Å². The molecular weight excluding hydrogens is 1220 g/mol. The third-order valence-electron chi connectivity index (χ3n) is 19.0. The second-order valence-electron chi connectivity index (χ2n) is 30.2. The highest BCUT2D eigenvalue weighted by atomic mass is 28.4. The van der Waals surface area contributed by atoms with E-state index in [1.165, 1.54) is 16.7 Å². The van der Waals surface area contributed by atoms with Crippen LogP contribution in [0.25, 0.3) is 0 Å². The second-order valence-corrected chi connectivity index (χ2v) is 40.4. The quantitative estimate of drug-likeness (QED) is 0.0261. The van der Waals surface area contributed by atoms with E-state index in [0.29, 0.717) is 25.9 Å². The number of hydrogen-bond acceptors (Lipinski definition) is 15. The number of carbonyl (C=O) groups excluding carboxylic acids is 7. The SMILES string of the molecule is CC[C@H](C)[C@@H](NC(=O)[C@@H](NC(=O)OC(C)(C)C)[C@@H](C)OC(=O)[C@@H]1Cc2ccccc2CN1C(=O)[C@@H]1CCCN1C(=O)[C@H](CC(C)C)NC(=O)OCc1ccccc1)[C@H](CC(=O)O[C@@H](C(C)C)[C@@H](OCOC)[C@H](C)CO[Si](C)(C)C(C)(C)C)O[Si](C(C)C)(C(C)C)C(C)C. The van der Waals surface area contributed by atoms with Crippen molar-refractivity contribution >= 4 is 58.5 Å². The molecule has 0 spiro atoms. The second kappa shape index (κ2) is 35.6. The minimum absolute atomic E-state index is 0.000151. The summed E-state index contributed by atoms with van der Waals surface area (Å²) in [7, 11) is -3.52. The molecule has 2 heterocycles. The van der Waals surface area contributed by atoms with Gasteiger partial charge in [0.2, 0.25) is 26.0 Å². The van der Waals surface area contributed by atoms with Gasteiger partial charge in [-0.3, -0.25) is 19.2 Å². The monoisotopic (exact) mass is 1340 g/mol. The van der Waals surface area contributed by atoms with E-state index >= 15 is 19.2 Å². The van der Waals surface area contributed by atoms with E-state index in [1.54, 1.807) is 27.9 Å². The average molecular weight is 1340 g/mol. The standard InChI is InChI=1S/C71H119N5O15Si2/c1-24-49(12)60(58(91-93(46(6)7,47(8)9)48(10)11)39-59(77)89-62(45(4)5)63(86-43-84-21)50(13)41-87-92(22,23)71(18,19)20)73-64(78)61(74-69(83)90-70(15,16)17)51(14)88-67(81)57-38-53-33-28-29-34-54(53)40-76(57)66(80)56-35-30-36-75(56)65(79)55(37-44(2)3)72-68(82)85-42-52-31-26-25-27-32-52/h25-29,31-34,44-51,55-58,60-63H,24,30,35-43H2,1-23H3,(H,72,82)(H,73,78)(H,74,83)/t49-,50+,51+,55-,56-,57-,58-,60+,61-,62-,63-/m0/s1. The number of carbonyl (C=O) groups is 7. The molecule has 0 aliphatic carbocycles. The Morgan fingerprint density at radius 2 is 1.30 bits per heavy atom. The van der Waals surface area contributed by atoms with Crippen molar-refractivity contribution in [1.82, 2.24) is 25.8 Å². The summed E-state index contributed by atoms with van der Waals surface area (Å²) < 4.78 is 50.3. The average Bonchev–Trinajstić information content (AvgIpc) is 1.66. The lowest BCUT2D eigenvalue weighted by molar-refractivity contribution is -0.181. The smallest absolute Gasteiger partial charge is 0.408 e. The van der Waals surface area contributed by atoms with Crippen molar-refractivity contribution < 1.29 is 70.8 Å². The Bertz CT molecular complexity index is 2710. The van der Waals surface area contributed by atoms with E-state index in [1.807, 2.05) is 103 Å². The number of alkyl carbamates (subject to hydrolysis) is 2. The van der Waals surface area contributed by atoms with Crippen LogP contribution < -0.4 is 16.0 Å². The van der Waals surface area contributed by atoms with Gasteiger partial charge in [0.05, 0.1) is 18.6 Å². The number of hydrogen-bond donors (Lipinski definition) is 3. The predicted molar refractivity (Wildman–Crippen MR) is 367 cm³/mol. The van der Waals surface area contributed by atoms with Crippen LogP contribution in [0.5, 0.6) is 0 Å². The third kappa shape index (κ3) is 22.6. The molecule has 11 atom stereocenters. The van der Waals surface area contributed by atoms with E-state index in [2.05, 4.69) is 91.4 Å². The number of rotatable bonds is 33. The molecule has 3 N–H and O–H groups in total. The zero-order chi connectivity index (χ0) is 70.1. The highest BCUT2D eigenvalue weighted by molar-refractivity contribution is 6.77. The van der Waals surface area contributed by atoms with Gasteiger partial charge in [0.1, 0.15) is 61.5 Å². The molecule has 1 saturated heterocycles. The van der Waals surface area contributed by atoms with Crippen LogP contribution in [0.3, 0.4) is 0 Å². The summed E-state index contributed by atoms with van der Waals surface area (Å²) in [4.78, 5) is 106. The summed E-state index contributed by atoms with van der Waals surface area (Å²) in [6.45, 7) is 44.8. The molecule has 5 amide bonds. The maximum absolute atomic E-state index is 15.6. The van der Waals surface area contributed by atoms with Crippen molar-refractivity contribution in [1.29, 1.82) is 0 Å². The van der Waals surface area contributed by atoms with E-state index in [9.17, 15) is 14.4 Å². The van der Waals surface area contributed by atoms with Crippen LogP contribution in [0.4, 0.5) is 9.59 Å². The van der Waals surface area contributed by atoms with Gasteiger partial charge >= 0.3 is 24.1 Å². The Balaban J connectivity index is 1.76. The number of esters is 2. The Morgan fingerprint density at radius 1 is 0.699 bits per heavy atom. The first-order valence-corrected chi connectivity index (χ1v) is 39.1. The predicted octanol–water partition coefficient (Wildman–Crippen LogP) is 12.8. The number of ether oxygens (including phenoxy) is 6. The molecule has 0 aromatic heterocycles. The molecule has 0 bridgehead atoms. The minimum Gasteiger partial charge on any atom is -0.459 e. The third-order valence-corrected chi connectivity index (χ3v) is 29.6. The maximum Gasteiger partial charge on any atom is 0.408 e. The van der Waals surface area contributed by atoms with Crippen molar-refractivity contribution in [3.05, 3.63) is 71.3 Å². The normalized spacial score (nSPS) is 18.6. The minimum atomic E-state index is -2.88. The fourth-order valence-electron chi connectivity index (χ4n) is 12.8. The van der Waals surface area contributed by atoms with Gasteiger partial charge in [0.25, 0.3) is 0 Å². The first-order chi connectivity index (χ1) is 43.3. The largest absolute Gasteiger partial charge is 0.459 e. The number of likely N-dealkylation sites (tertiary alicyclic amines) is 1. The summed E-state index contributed by atoms with van der Waals surface area (Å²) in [6, 6.07) is 11.0. The lowest BCUT2D eigenvalue weighted by atomic mass is 9.91. The topological polar surface area (TPSA) is 236 Å². The van der Waals surface area contributed by atoms with E-state index in [4.69, 9.17) is 37.3 Å². The van der Waals surface area contributed by atoms with Gasteiger partial charge < -0.3 is 63.0 Å². The molecule has 93 heavy (non-hydrogen) atoms. The van der Waals surface area contributed by atoms with Crippen LogP contribution in [0.15, 0.2) is 54.6 Å². The molecule has 0 radical (unpaired) electrons. The fraction of sp³-hybridized carbons (Fsp3) is 0.732. The number of nitrogens with one attached hydrogen (secondary N) is 3. The lowest BCUT2D eigenvalue weighted by Gasteiger charge is -2.47. The van der Waals surface area contributed by atoms with Gasteiger partial charge in [-0.2, -0.15) is 0 Å². The molecule has 0 unspecified atom stereocenters. The molecule has 2 aliphatic heterocycles. The first kappa shape index (κ1) is 80.0. The van der Waals surface area contributed by atoms with Crippen LogP contribution in [-0.4, -0.2) is 156 Å². The van der Waals surface area contributed by atoms with Crippen molar-refractivity contribution in [2.24, 2.45) is 23.7 Å². The van der Waals surface area contributed by atoms with Gasteiger partial charge in [0.15, 0.2) is 8.32 Å². The number of methoxy groups -OCH3 is 1. The van der Waals surface area contributed by atoms with Crippen LogP contribution in [0.2, 0.25) is 34.8 Å². The van der Waals surface area contributed by atoms with Gasteiger partial charge in [-0.25, -0.2) is 14.4 Å². The van der Waals surface area contributed by atoms with Crippen molar-refractivity contribution in [3.8, 4) is 0 Å². The van der Waals surface area contributed by atoms with Crippen molar-refractivity contribution in [3.63, 3.8) is 0 Å². The Labute approximate surface area is 559 Å². The highest BCUT2D eigenvalue weighted by Crippen LogP contribution is 2.45. The van der Waals surface area contributed by atoms with Crippen LogP contribution in [0, 0.1) is 23.7 Å². The first-order valence-electron chi connectivity index (χ1n) is 34.1. The van der Waals surface area contributed by atoms with E-state index in [-0.39, 0.29) is 91.1 Å². The number of nitrogens with zero attached hydrogens (tertiary/aromatic N) is 2. The molecule has 2 aromatic rings. The molecule has 2 aromatic carbocycles. The number of benzene rings is 2. The Morgan fingerprint density at radius 3 is 1.85 bits per heavy atom. The summed E-state index contributed by atoms with van der Waals surface area (Å²) in [5.41, 5.74) is 1.59. The van der Waals surface area contributed by atoms with E-state index in [0.717, 1.165) is 16.7 Å².